The highest BCUT2D eigenvalue weighted by molar-refractivity contribution is 5.69. The van der Waals surface area contributed by atoms with Crippen LogP contribution in [0, 0.1) is 0 Å². The van der Waals surface area contributed by atoms with Gasteiger partial charge in [0.2, 0.25) is 0 Å². The molecule has 0 aliphatic heterocycles. The molecule has 0 aromatic carbocycles. The lowest BCUT2D eigenvalue weighted by atomic mass is 10.0. The first-order valence-corrected chi connectivity index (χ1v) is 22.0. The molecular weight excluding hydrogens is 650 g/mol. The number of rotatable bonds is 40. The van der Waals surface area contributed by atoms with Gasteiger partial charge in [-0.1, -0.05) is 141 Å². The molecule has 0 fully saturated rings. The minimum atomic E-state index is -0.0912. The lowest BCUT2D eigenvalue weighted by Gasteiger charge is -2.18. The monoisotopic (exact) mass is 736 g/mol. The van der Waals surface area contributed by atoms with Crippen molar-refractivity contribution in [3.63, 3.8) is 0 Å². The molecule has 0 aliphatic carbocycles. The van der Waals surface area contributed by atoms with Gasteiger partial charge in [0.05, 0.1) is 14.2 Å². The van der Waals surface area contributed by atoms with Crippen molar-refractivity contribution in [1.82, 2.24) is 4.90 Å². The van der Waals surface area contributed by atoms with Crippen LogP contribution in [-0.4, -0.2) is 63.8 Å². The Morgan fingerprint density at radius 1 is 0.423 bits per heavy atom. The fraction of sp³-hybridized carbons (Fsp3) is 0.889. The van der Waals surface area contributed by atoms with Crippen LogP contribution in [0.25, 0.3) is 0 Å². The molecule has 0 bridgehead atoms. The van der Waals surface area contributed by atoms with Gasteiger partial charge in [-0.3, -0.25) is 14.4 Å². The molecule has 7 nitrogen and oxygen atoms in total. The Kier molecular flexibility index (Phi) is 38.8. The van der Waals surface area contributed by atoms with Crippen molar-refractivity contribution in [3.05, 3.63) is 12.2 Å². The predicted octanol–water partition coefficient (Wildman–Crippen LogP) is 12.6. The molecular formula is C45H85NO6. The Balaban J connectivity index is 3.88. The summed E-state index contributed by atoms with van der Waals surface area (Å²) in [6.45, 7) is 0.928. The van der Waals surface area contributed by atoms with Crippen LogP contribution in [0.2, 0.25) is 0 Å². The van der Waals surface area contributed by atoms with Gasteiger partial charge in [-0.05, 0) is 91.3 Å². The first kappa shape index (κ1) is 50.1. The average Bonchev–Trinajstić information content (AvgIpc) is 3.13. The predicted molar refractivity (Wildman–Crippen MR) is 219 cm³/mol. The number of methoxy groups -OCH3 is 2. The molecule has 7 heteroatoms. The molecule has 0 aliphatic rings. The quantitative estimate of drug-likeness (QED) is 0.0268. The molecule has 0 radical (unpaired) electrons. The third-order valence-corrected chi connectivity index (χ3v) is 10.2. The number of hydrogen-bond acceptors (Lipinski definition) is 7. The van der Waals surface area contributed by atoms with E-state index in [0.717, 1.165) is 57.9 Å². The molecule has 1 unspecified atom stereocenters. The minimum absolute atomic E-state index is 0.00817. The number of carbonyl (C=O) groups is 3. The van der Waals surface area contributed by atoms with Crippen molar-refractivity contribution < 1.29 is 28.6 Å². The highest BCUT2D eigenvalue weighted by atomic mass is 16.5. The molecule has 0 N–H and O–H groups in total. The molecule has 0 saturated heterocycles. The van der Waals surface area contributed by atoms with Crippen LogP contribution in [0.15, 0.2) is 12.2 Å². The van der Waals surface area contributed by atoms with E-state index in [1.54, 1.807) is 0 Å². The van der Waals surface area contributed by atoms with Crippen molar-refractivity contribution in [3.8, 4) is 0 Å². The second-order valence-corrected chi connectivity index (χ2v) is 15.5. The van der Waals surface area contributed by atoms with Crippen LogP contribution in [-0.2, 0) is 28.6 Å². The highest BCUT2D eigenvalue weighted by Gasteiger charge is 2.14. The lowest BCUT2D eigenvalue weighted by Crippen LogP contribution is -2.20. The Labute approximate surface area is 322 Å². The van der Waals surface area contributed by atoms with Gasteiger partial charge in [0.25, 0.3) is 0 Å². The maximum atomic E-state index is 12.6. The maximum Gasteiger partial charge on any atom is 0.306 e. The van der Waals surface area contributed by atoms with Crippen LogP contribution >= 0.6 is 0 Å². The van der Waals surface area contributed by atoms with E-state index >= 15 is 0 Å². The highest BCUT2D eigenvalue weighted by Crippen LogP contribution is 2.19. The molecule has 0 spiro atoms. The summed E-state index contributed by atoms with van der Waals surface area (Å²) < 4.78 is 15.4. The van der Waals surface area contributed by atoms with Crippen molar-refractivity contribution >= 4 is 17.9 Å². The van der Waals surface area contributed by atoms with Crippen LogP contribution in [0.1, 0.15) is 218 Å². The third-order valence-electron chi connectivity index (χ3n) is 10.2. The van der Waals surface area contributed by atoms with Gasteiger partial charge in [-0.25, -0.2) is 0 Å². The van der Waals surface area contributed by atoms with E-state index < -0.39 is 0 Å². The van der Waals surface area contributed by atoms with E-state index in [4.69, 9.17) is 9.47 Å². The molecule has 0 amide bonds. The van der Waals surface area contributed by atoms with Gasteiger partial charge in [0, 0.05) is 19.3 Å². The number of ether oxygens (including phenoxy) is 3. The first-order chi connectivity index (χ1) is 25.4. The lowest BCUT2D eigenvalue weighted by molar-refractivity contribution is -0.150. The Hall–Kier alpha value is -1.89. The minimum Gasteiger partial charge on any atom is -0.469 e. The number of carbonyl (C=O) groups excluding carboxylic acids is 3. The van der Waals surface area contributed by atoms with Gasteiger partial charge in [-0.2, -0.15) is 0 Å². The molecule has 0 rings (SSSR count). The topological polar surface area (TPSA) is 82.1 Å². The van der Waals surface area contributed by atoms with E-state index in [1.807, 2.05) is 0 Å². The standard InChI is InChI=1S/C45H85NO6/c1-46(2)41-35-40-45(49)52-42(36-31-27-23-19-15-11-7-5-9-13-17-21-25-29-33-38-43(47)50-3)37-32-28-24-20-16-12-8-6-10-14-18-22-26-30-34-39-44(48)51-4/h5,9,42H,6-8,10-41H2,1-4H3. The Bertz CT molecular complexity index is 829. The molecule has 1 atom stereocenters. The molecule has 0 aromatic heterocycles. The van der Waals surface area contributed by atoms with E-state index in [-0.39, 0.29) is 24.0 Å². The normalized spacial score (nSPS) is 12.1. The molecule has 306 valence electrons. The molecule has 52 heavy (non-hydrogen) atoms. The summed E-state index contributed by atoms with van der Waals surface area (Å²) in [7, 11) is 7.03. The van der Waals surface area contributed by atoms with Crippen LogP contribution in [0.5, 0.6) is 0 Å². The summed E-state index contributed by atoms with van der Waals surface area (Å²) >= 11 is 0. The van der Waals surface area contributed by atoms with Crippen molar-refractivity contribution in [1.29, 1.82) is 0 Å². The van der Waals surface area contributed by atoms with E-state index in [0.29, 0.717) is 19.3 Å². The number of hydrogen-bond donors (Lipinski definition) is 0. The van der Waals surface area contributed by atoms with Crippen molar-refractivity contribution in [2.24, 2.45) is 0 Å². The summed E-state index contributed by atoms with van der Waals surface area (Å²) in [5.74, 6) is -0.181. The van der Waals surface area contributed by atoms with E-state index in [2.05, 4.69) is 35.9 Å². The van der Waals surface area contributed by atoms with Crippen molar-refractivity contribution in [2.75, 3.05) is 34.9 Å². The number of esters is 3. The summed E-state index contributed by atoms with van der Waals surface area (Å²) in [4.78, 5) is 37.0. The van der Waals surface area contributed by atoms with Gasteiger partial charge >= 0.3 is 17.9 Å². The number of unbranched alkanes of at least 4 members (excludes halogenated alkanes) is 25. The summed E-state index contributed by atoms with van der Waals surface area (Å²) in [5, 5.41) is 0. The first-order valence-electron chi connectivity index (χ1n) is 22.0. The van der Waals surface area contributed by atoms with Crippen LogP contribution in [0.4, 0.5) is 0 Å². The van der Waals surface area contributed by atoms with Gasteiger partial charge in [0.1, 0.15) is 6.10 Å². The largest absolute Gasteiger partial charge is 0.469 e. The number of allylic oxidation sites excluding steroid dienone is 2. The summed E-state index contributed by atoms with van der Waals surface area (Å²) in [5.41, 5.74) is 0. The second-order valence-electron chi connectivity index (χ2n) is 15.5. The zero-order valence-electron chi connectivity index (χ0n) is 34.9. The second kappa shape index (κ2) is 40.3. The Morgan fingerprint density at radius 3 is 1.08 bits per heavy atom. The van der Waals surface area contributed by atoms with E-state index in [1.165, 1.54) is 162 Å². The molecule has 0 heterocycles. The fourth-order valence-corrected chi connectivity index (χ4v) is 6.83. The van der Waals surface area contributed by atoms with Crippen LogP contribution < -0.4 is 0 Å². The average molecular weight is 736 g/mol. The van der Waals surface area contributed by atoms with Crippen LogP contribution in [0.3, 0.4) is 0 Å². The van der Waals surface area contributed by atoms with Crippen molar-refractivity contribution in [2.45, 2.75) is 224 Å². The SMILES string of the molecule is COC(=O)CCCCCCCC=CCCCCCCCCC(CCCCCCCCCCCCCCCCCC(=O)OC)OC(=O)CCCN(C)C. The zero-order valence-corrected chi connectivity index (χ0v) is 34.9. The number of nitrogens with zero attached hydrogens (tertiary/aromatic N) is 1. The molecule has 0 saturated carbocycles. The maximum absolute atomic E-state index is 12.6. The van der Waals surface area contributed by atoms with Gasteiger partial charge in [-0.15, -0.1) is 0 Å². The fourth-order valence-electron chi connectivity index (χ4n) is 6.83. The van der Waals surface area contributed by atoms with Gasteiger partial charge < -0.3 is 19.1 Å². The van der Waals surface area contributed by atoms with E-state index in [9.17, 15) is 14.4 Å². The summed E-state index contributed by atoms with van der Waals surface area (Å²) in [6.07, 6.45) is 44.2. The Morgan fingerprint density at radius 2 is 0.731 bits per heavy atom. The smallest absolute Gasteiger partial charge is 0.306 e. The molecule has 0 aromatic rings. The third kappa shape index (κ3) is 39.3. The zero-order chi connectivity index (χ0) is 38.2. The summed E-state index contributed by atoms with van der Waals surface area (Å²) in [6, 6.07) is 0. The van der Waals surface area contributed by atoms with Gasteiger partial charge in [0.15, 0.2) is 0 Å².